The molecule has 0 atom stereocenters. The smallest absolute Gasteiger partial charge is 0.460 e. The van der Waals surface area contributed by atoms with Crippen LogP contribution in [0.4, 0.5) is 171 Å². The van der Waals surface area contributed by atoms with E-state index in [1.165, 1.54) is 0 Å². The fourth-order valence-corrected chi connectivity index (χ4v) is 8.09. The number of halogens is 39. The van der Waals surface area contributed by atoms with Crippen LogP contribution in [0.2, 0.25) is 0 Å². The standard InChI is InChI=1S/C33H21F39OS3/c34-16(35,19(40,41)22(46,47)25(52,53)28(58,59)31(64,65)66)1-4-74-9-12-7-13(10-75-5-2-17(36,37)20(42,43)23(48,49)26(54,55)29(60,61)32(67,68)69)15(73)14(8-12)11-76-6-3-18(38,39)21(44,45)24(50,51)27(56,57)30(62,63)33(70,71)72/h7-8,73H,1-6,9-11H2. The van der Waals surface area contributed by atoms with Crippen LogP contribution in [-0.4, -0.2) is 130 Å². The Morgan fingerprint density at radius 3 is 0.645 bits per heavy atom. The minimum Gasteiger partial charge on any atom is -0.507 e. The summed E-state index contributed by atoms with van der Waals surface area (Å²) in [5.41, 5.74) is -2.87. The van der Waals surface area contributed by atoms with Gasteiger partial charge >= 0.3 is 107 Å². The van der Waals surface area contributed by atoms with Crippen molar-refractivity contribution in [2.24, 2.45) is 0 Å². The Balaban J connectivity index is 3.62. The van der Waals surface area contributed by atoms with E-state index in [0.29, 0.717) is 12.1 Å². The molecule has 1 aromatic carbocycles. The summed E-state index contributed by atoms with van der Waals surface area (Å²) in [5.74, 6) is -129. The summed E-state index contributed by atoms with van der Waals surface area (Å²) in [5, 5.41) is 10.6. The lowest BCUT2D eigenvalue weighted by Crippen LogP contribution is -2.70. The highest BCUT2D eigenvalue weighted by Crippen LogP contribution is 2.64. The first-order valence-corrected chi connectivity index (χ1v) is 21.8. The van der Waals surface area contributed by atoms with Gasteiger partial charge in [-0.25, -0.2) is 0 Å². The first kappa shape index (κ1) is 71.4. The molecular weight excluding hydrogens is 1250 g/mol. The molecule has 0 aliphatic heterocycles. The molecule has 0 amide bonds. The summed E-state index contributed by atoms with van der Waals surface area (Å²) in [6.45, 7) is 0. The Hall–Kier alpha value is -2.66. The number of thioether (sulfide) groups is 3. The van der Waals surface area contributed by atoms with Crippen LogP contribution in [0, 0.1) is 0 Å². The Kier molecular flexibility index (Phi) is 20.0. The van der Waals surface area contributed by atoms with Crippen molar-refractivity contribution in [3.8, 4) is 5.75 Å². The van der Waals surface area contributed by atoms with E-state index in [2.05, 4.69) is 0 Å². The second-order valence-corrected chi connectivity index (χ2v) is 18.5. The normalized spacial score (nSPS) is 16.0. The lowest BCUT2D eigenvalue weighted by molar-refractivity contribution is -0.439. The molecule has 0 spiro atoms. The summed E-state index contributed by atoms with van der Waals surface area (Å²) in [6, 6.07) is 0.719. The van der Waals surface area contributed by atoms with E-state index in [0.717, 1.165) is 0 Å². The molecule has 0 fully saturated rings. The lowest BCUT2D eigenvalue weighted by Gasteiger charge is -2.39. The van der Waals surface area contributed by atoms with Crippen LogP contribution >= 0.6 is 35.3 Å². The van der Waals surface area contributed by atoms with Crippen molar-refractivity contribution in [3.63, 3.8) is 0 Å². The number of phenols is 1. The molecule has 0 aliphatic rings. The molecule has 43 heteroatoms. The topological polar surface area (TPSA) is 20.2 Å². The number of hydrogen-bond donors (Lipinski definition) is 1. The molecule has 0 bridgehead atoms. The Morgan fingerprint density at radius 2 is 0.447 bits per heavy atom. The molecule has 0 unspecified atom stereocenters. The molecule has 1 aromatic rings. The van der Waals surface area contributed by atoms with Crippen molar-refractivity contribution in [1.29, 1.82) is 0 Å². The predicted octanol–water partition coefficient (Wildman–Crippen LogP) is 17.5. The molecule has 0 saturated carbocycles. The van der Waals surface area contributed by atoms with Gasteiger partial charge in [-0.2, -0.15) is 207 Å². The maximum absolute atomic E-state index is 14.3. The zero-order valence-electron chi connectivity index (χ0n) is 34.9. The Labute approximate surface area is 407 Å². The van der Waals surface area contributed by atoms with Crippen LogP contribution in [0.5, 0.6) is 5.75 Å². The molecule has 450 valence electrons. The molecule has 0 saturated heterocycles. The van der Waals surface area contributed by atoms with E-state index in [9.17, 15) is 176 Å². The molecule has 0 radical (unpaired) electrons. The van der Waals surface area contributed by atoms with E-state index in [1.807, 2.05) is 0 Å². The van der Waals surface area contributed by atoms with Gasteiger partial charge < -0.3 is 5.11 Å². The highest BCUT2D eigenvalue weighted by atomic mass is 32.2. The molecule has 0 aliphatic carbocycles. The van der Waals surface area contributed by atoms with Crippen molar-refractivity contribution in [2.45, 2.75) is 144 Å². The van der Waals surface area contributed by atoms with Crippen LogP contribution in [0.3, 0.4) is 0 Å². The van der Waals surface area contributed by atoms with Crippen molar-refractivity contribution >= 4 is 35.3 Å². The van der Waals surface area contributed by atoms with Crippen LogP contribution in [0.1, 0.15) is 36.0 Å². The van der Waals surface area contributed by atoms with E-state index < -0.39 is 207 Å². The highest BCUT2D eigenvalue weighted by molar-refractivity contribution is 7.99. The van der Waals surface area contributed by atoms with E-state index in [4.69, 9.17) is 0 Å². The average molecular weight is 1270 g/mol. The van der Waals surface area contributed by atoms with E-state index >= 15 is 0 Å². The van der Waals surface area contributed by atoms with Gasteiger partial charge in [0.05, 0.1) is 0 Å². The zero-order chi connectivity index (χ0) is 61.2. The summed E-state index contributed by atoms with van der Waals surface area (Å²) in [7, 11) is 0. The van der Waals surface area contributed by atoms with Crippen molar-refractivity contribution in [2.75, 3.05) is 17.3 Å². The fraction of sp³-hybridized carbons (Fsp3) is 0.818. The third-order valence-corrected chi connectivity index (χ3v) is 12.8. The summed E-state index contributed by atoms with van der Waals surface area (Å²) >= 11 is -1.23. The van der Waals surface area contributed by atoms with Crippen molar-refractivity contribution in [1.82, 2.24) is 0 Å². The van der Waals surface area contributed by atoms with Gasteiger partial charge in [0.1, 0.15) is 5.75 Å². The first-order valence-electron chi connectivity index (χ1n) is 18.4. The third-order valence-electron chi connectivity index (χ3n) is 9.79. The van der Waals surface area contributed by atoms with Gasteiger partial charge in [0.2, 0.25) is 0 Å². The van der Waals surface area contributed by atoms with Gasteiger partial charge in [0.25, 0.3) is 0 Å². The Morgan fingerprint density at radius 1 is 0.263 bits per heavy atom. The third kappa shape index (κ3) is 11.9. The monoisotopic (exact) mass is 1270 g/mol. The number of aromatic hydroxyl groups is 1. The minimum atomic E-state index is -8.35. The fourth-order valence-electron chi connectivity index (χ4n) is 5.17. The molecule has 76 heavy (non-hydrogen) atoms. The van der Waals surface area contributed by atoms with Gasteiger partial charge in [-0.15, -0.1) is 0 Å². The van der Waals surface area contributed by atoms with Gasteiger partial charge in [-0.1, -0.05) is 12.1 Å². The maximum atomic E-state index is 14.3. The van der Waals surface area contributed by atoms with Crippen LogP contribution in [0.15, 0.2) is 12.1 Å². The number of alkyl halides is 39. The zero-order valence-corrected chi connectivity index (χ0v) is 37.4. The highest BCUT2D eigenvalue weighted by Gasteiger charge is 2.93. The molecular formula is C33H21F39OS3. The number of benzene rings is 1. The minimum absolute atomic E-state index is 0.360. The molecule has 1 N–H and O–H groups in total. The first-order chi connectivity index (χ1) is 32.9. The average Bonchev–Trinajstić information content (AvgIpc) is 3.21. The quantitative estimate of drug-likeness (QED) is 0.0699. The Bertz CT molecular complexity index is 2020. The lowest BCUT2D eigenvalue weighted by atomic mass is 9.93. The van der Waals surface area contributed by atoms with Gasteiger partial charge in [-0.3, -0.25) is 0 Å². The van der Waals surface area contributed by atoms with Crippen molar-refractivity contribution < 1.29 is 176 Å². The van der Waals surface area contributed by atoms with E-state index in [1.54, 1.807) is 0 Å². The largest absolute Gasteiger partial charge is 0.507 e. The van der Waals surface area contributed by atoms with E-state index in [-0.39, 0.29) is 11.8 Å². The number of rotatable bonds is 27. The predicted molar refractivity (Wildman–Crippen MR) is 183 cm³/mol. The molecule has 0 aromatic heterocycles. The number of phenolic OH excluding ortho intramolecular Hbond substituents is 1. The second-order valence-electron chi connectivity index (χ2n) is 15.2. The summed E-state index contributed by atoms with van der Waals surface area (Å²) in [6.07, 6.45) is -32.2. The number of hydrogen-bond acceptors (Lipinski definition) is 4. The maximum Gasteiger partial charge on any atom is 0.460 e. The summed E-state index contributed by atoms with van der Waals surface area (Å²) in [4.78, 5) is 0. The van der Waals surface area contributed by atoms with Crippen LogP contribution < -0.4 is 0 Å². The van der Waals surface area contributed by atoms with Gasteiger partial charge in [0.15, 0.2) is 0 Å². The molecule has 1 nitrogen and oxygen atoms in total. The SMILES string of the molecule is Oc1c(CSCCC(F)(F)C(F)(F)C(F)(F)C(F)(F)C(F)(F)C(F)(F)F)cc(CSCCC(F)(F)C(F)(F)C(F)(F)C(F)(F)C(F)(F)C(F)(F)F)cc1CSCCC(F)(F)C(F)(F)C(F)(F)C(F)(F)C(F)(F)C(F)(F)F. The second kappa shape index (κ2) is 21.3. The summed E-state index contributed by atoms with van der Waals surface area (Å²) < 4.78 is 524. The van der Waals surface area contributed by atoms with Gasteiger partial charge in [-0.05, 0) is 22.8 Å². The van der Waals surface area contributed by atoms with Crippen LogP contribution in [-0.2, 0) is 17.3 Å². The molecule has 1 rings (SSSR count). The van der Waals surface area contributed by atoms with Gasteiger partial charge in [0, 0.05) is 47.6 Å². The molecule has 0 heterocycles. The van der Waals surface area contributed by atoms with Crippen LogP contribution in [0.25, 0.3) is 0 Å². The van der Waals surface area contributed by atoms with Crippen molar-refractivity contribution in [3.05, 3.63) is 28.8 Å².